The van der Waals surface area contributed by atoms with Crippen molar-refractivity contribution >= 4 is 0 Å². The fourth-order valence-corrected chi connectivity index (χ4v) is 1.94. The summed E-state index contributed by atoms with van der Waals surface area (Å²) in [6, 6.07) is 7.95. The van der Waals surface area contributed by atoms with Crippen molar-refractivity contribution in [2.24, 2.45) is 0 Å². The summed E-state index contributed by atoms with van der Waals surface area (Å²) in [6.07, 6.45) is 3.88. The van der Waals surface area contributed by atoms with Gasteiger partial charge in [-0.05, 0) is 11.1 Å². The van der Waals surface area contributed by atoms with Crippen LogP contribution in [0.3, 0.4) is 0 Å². The largest absolute Gasteiger partial charge is 0.392 e. The van der Waals surface area contributed by atoms with Gasteiger partial charge in [-0.25, -0.2) is 4.98 Å². The lowest BCUT2D eigenvalue weighted by Gasteiger charge is -2.04. The van der Waals surface area contributed by atoms with Gasteiger partial charge in [-0.3, -0.25) is 0 Å². The van der Waals surface area contributed by atoms with Crippen LogP contribution in [0.2, 0.25) is 0 Å². The minimum absolute atomic E-state index is 0.0860. The van der Waals surface area contributed by atoms with Crippen LogP contribution in [0, 0.1) is 0 Å². The van der Waals surface area contributed by atoms with E-state index in [0.717, 1.165) is 30.9 Å². The van der Waals surface area contributed by atoms with E-state index in [-0.39, 0.29) is 6.61 Å². The molecule has 0 aliphatic carbocycles. The average molecular weight is 275 g/mol. The maximum absolute atomic E-state index is 9.01. The van der Waals surface area contributed by atoms with E-state index in [1.54, 1.807) is 7.11 Å². The number of aliphatic hydroxyl groups excluding tert-OH is 1. The molecular weight excluding hydrogens is 254 g/mol. The summed E-state index contributed by atoms with van der Waals surface area (Å²) in [6.45, 7) is 3.16. The van der Waals surface area contributed by atoms with Crippen molar-refractivity contribution in [3.63, 3.8) is 0 Å². The van der Waals surface area contributed by atoms with Gasteiger partial charge in [-0.15, -0.1) is 0 Å². The van der Waals surface area contributed by atoms with Gasteiger partial charge < -0.3 is 19.7 Å². The van der Waals surface area contributed by atoms with Crippen LogP contribution in [-0.2, 0) is 24.4 Å². The Morgan fingerprint density at radius 3 is 2.70 bits per heavy atom. The number of hydrogen-bond donors (Lipinski definition) is 2. The van der Waals surface area contributed by atoms with E-state index in [4.69, 9.17) is 9.84 Å². The van der Waals surface area contributed by atoms with Crippen molar-refractivity contribution in [2.75, 3.05) is 20.3 Å². The topological polar surface area (TPSA) is 59.3 Å². The number of ether oxygens (including phenoxy) is 1. The SMILES string of the molecule is COCCNCc1cn(Cc2ccc(CO)cc2)cn1. The zero-order valence-corrected chi connectivity index (χ0v) is 11.7. The fourth-order valence-electron chi connectivity index (χ4n) is 1.94. The van der Waals surface area contributed by atoms with Gasteiger partial charge in [0.2, 0.25) is 0 Å². The van der Waals surface area contributed by atoms with Crippen molar-refractivity contribution in [3.8, 4) is 0 Å². The molecule has 0 amide bonds. The lowest BCUT2D eigenvalue weighted by atomic mass is 10.1. The summed E-state index contributed by atoms with van der Waals surface area (Å²) >= 11 is 0. The molecule has 0 radical (unpaired) electrons. The zero-order valence-electron chi connectivity index (χ0n) is 11.7. The van der Waals surface area contributed by atoms with E-state index in [1.165, 1.54) is 5.56 Å². The Kier molecular flexibility index (Phi) is 5.73. The van der Waals surface area contributed by atoms with E-state index in [0.29, 0.717) is 6.61 Å². The lowest BCUT2D eigenvalue weighted by Crippen LogP contribution is -2.18. The summed E-state index contributed by atoms with van der Waals surface area (Å²) in [4.78, 5) is 4.36. The van der Waals surface area contributed by atoms with E-state index < -0.39 is 0 Å². The number of methoxy groups -OCH3 is 1. The van der Waals surface area contributed by atoms with Gasteiger partial charge in [-0.1, -0.05) is 24.3 Å². The Hall–Kier alpha value is -1.69. The Labute approximate surface area is 119 Å². The predicted octanol–water partition coefficient (Wildman–Crippen LogP) is 1.16. The number of nitrogens with zero attached hydrogens (tertiary/aromatic N) is 2. The van der Waals surface area contributed by atoms with E-state index in [1.807, 2.05) is 36.8 Å². The second kappa shape index (κ2) is 7.79. The molecule has 0 spiro atoms. The molecule has 0 aliphatic rings. The minimum atomic E-state index is 0.0860. The van der Waals surface area contributed by atoms with Gasteiger partial charge in [0.05, 0.1) is 25.2 Å². The first-order valence-corrected chi connectivity index (χ1v) is 6.71. The molecule has 5 heteroatoms. The molecule has 0 unspecified atom stereocenters. The molecule has 1 heterocycles. The van der Waals surface area contributed by atoms with Crippen LogP contribution in [0.4, 0.5) is 0 Å². The third kappa shape index (κ3) is 4.45. The standard InChI is InChI=1S/C15H21N3O2/c1-20-7-6-16-8-15-10-18(12-17-15)9-13-2-4-14(11-19)5-3-13/h2-5,10,12,16,19H,6-9,11H2,1H3. The van der Waals surface area contributed by atoms with Gasteiger partial charge in [-0.2, -0.15) is 0 Å². The maximum atomic E-state index is 9.01. The summed E-state index contributed by atoms with van der Waals surface area (Å²) in [5.74, 6) is 0. The summed E-state index contributed by atoms with van der Waals surface area (Å²) in [7, 11) is 1.69. The lowest BCUT2D eigenvalue weighted by molar-refractivity contribution is 0.199. The van der Waals surface area contributed by atoms with Gasteiger partial charge in [0, 0.05) is 32.9 Å². The number of nitrogens with one attached hydrogen (secondary N) is 1. The first-order chi connectivity index (χ1) is 9.81. The molecule has 0 aliphatic heterocycles. The molecule has 0 saturated carbocycles. The average Bonchev–Trinajstić information content (AvgIpc) is 2.92. The number of hydrogen-bond acceptors (Lipinski definition) is 4. The van der Waals surface area contributed by atoms with Crippen molar-refractivity contribution in [3.05, 3.63) is 53.6 Å². The van der Waals surface area contributed by atoms with Crippen molar-refractivity contribution in [1.82, 2.24) is 14.9 Å². The third-order valence-corrected chi connectivity index (χ3v) is 3.05. The molecule has 0 saturated heterocycles. The highest BCUT2D eigenvalue weighted by Gasteiger charge is 2.00. The Bertz CT molecular complexity index is 508. The molecule has 5 nitrogen and oxygen atoms in total. The highest BCUT2D eigenvalue weighted by Crippen LogP contribution is 2.07. The van der Waals surface area contributed by atoms with Crippen molar-refractivity contribution in [1.29, 1.82) is 0 Å². The van der Waals surface area contributed by atoms with Crippen LogP contribution < -0.4 is 5.32 Å². The van der Waals surface area contributed by atoms with Crippen LogP contribution in [0.15, 0.2) is 36.8 Å². The number of rotatable bonds is 8. The van der Waals surface area contributed by atoms with E-state index in [2.05, 4.69) is 14.9 Å². The minimum Gasteiger partial charge on any atom is -0.392 e. The van der Waals surface area contributed by atoms with Crippen molar-refractivity contribution < 1.29 is 9.84 Å². The van der Waals surface area contributed by atoms with E-state index >= 15 is 0 Å². The number of benzene rings is 1. The van der Waals surface area contributed by atoms with Crippen LogP contribution in [-0.4, -0.2) is 34.9 Å². The highest BCUT2D eigenvalue weighted by molar-refractivity contribution is 5.22. The predicted molar refractivity (Wildman–Crippen MR) is 77.3 cm³/mol. The van der Waals surface area contributed by atoms with Crippen LogP contribution in [0.5, 0.6) is 0 Å². The van der Waals surface area contributed by atoms with Crippen molar-refractivity contribution in [2.45, 2.75) is 19.7 Å². The quantitative estimate of drug-likeness (QED) is 0.710. The monoisotopic (exact) mass is 275 g/mol. The zero-order chi connectivity index (χ0) is 14.2. The first kappa shape index (κ1) is 14.7. The van der Waals surface area contributed by atoms with Crippen LogP contribution in [0.25, 0.3) is 0 Å². The first-order valence-electron chi connectivity index (χ1n) is 6.71. The maximum Gasteiger partial charge on any atom is 0.0953 e. The molecule has 0 fully saturated rings. The van der Waals surface area contributed by atoms with Gasteiger partial charge in [0.15, 0.2) is 0 Å². The molecule has 20 heavy (non-hydrogen) atoms. The molecule has 0 atom stereocenters. The second-order valence-electron chi connectivity index (χ2n) is 4.68. The molecule has 108 valence electrons. The molecule has 1 aromatic heterocycles. The molecule has 1 aromatic carbocycles. The second-order valence-corrected chi connectivity index (χ2v) is 4.68. The normalized spacial score (nSPS) is 10.9. The summed E-state index contributed by atoms with van der Waals surface area (Å²) in [5, 5.41) is 12.3. The van der Waals surface area contributed by atoms with Gasteiger partial charge in [0.25, 0.3) is 0 Å². The fraction of sp³-hybridized carbons (Fsp3) is 0.400. The van der Waals surface area contributed by atoms with Gasteiger partial charge in [0.1, 0.15) is 0 Å². The Morgan fingerprint density at radius 2 is 2.00 bits per heavy atom. The number of imidazole rings is 1. The molecule has 2 aromatic rings. The molecular formula is C15H21N3O2. The van der Waals surface area contributed by atoms with Gasteiger partial charge >= 0.3 is 0 Å². The van der Waals surface area contributed by atoms with Crippen LogP contribution in [0.1, 0.15) is 16.8 Å². The smallest absolute Gasteiger partial charge is 0.0953 e. The number of aromatic nitrogens is 2. The van der Waals surface area contributed by atoms with Crippen LogP contribution >= 0.6 is 0 Å². The number of aliphatic hydroxyl groups is 1. The molecule has 0 bridgehead atoms. The highest BCUT2D eigenvalue weighted by atomic mass is 16.5. The summed E-state index contributed by atoms with van der Waals surface area (Å²) in [5.41, 5.74) is 3.15. The van der Waals surface area contributed by atoms with E-state index in [9.17, 15) is 0 Å². The Balaban J connectivity index is 1.85. The Morgan fingerprint density at radius 1 is 1.25 bits per heavy atom. The molecule has 2 N–H and O–H groups in total. The third-order valence-electron chi connectivity index (χ3n) is 3.05. The molecule has 2 rings (SSSR count). The summed E-state index contributed by atoms with van der Waals surface area (Å²) < 4.78 is 7.03.